The van der Waals surface area contributed by atoms with E-state index in [0.29, 0.717) is 63.9 Å². The molecule has 0 bridgehead atoms. The summed E-state index contributed by atoms with van der Waals surface area (Å²) in [7, 11) is 4.34. The van der Waals surface area contributed by atoms with Crippen LogP contribution in [0.1, 0.15) is 74.9 Å². The number of hydrogen-bond donors (Lipinski definition) is 0. The van der Waals surface area contributed by atoms with Gasteiger partial charge in [0.05, 0.1) is 35.6 Å². The molecule has 2 aromatic heterocycles. The molecule has 6 aliphatic rings. The average molecular weight is 1170 g/mol. The fraction of sp³-hybridized carbons (Fsp3) is 0.463. The Morgan fingerprint density at radius 1 is 0.624 bits per heavy atom. The lowest BCUT2D eigenvalue weighted by Gasteiger charge is -2.41. The number of nitrogens with zero attached hydrogens (tertiary/aromatic N) is 13. The highest BCUT2D eigenvalue weighted by atomic mass is 35.5. The van der Waals surface area contributed by atoms with Crippen LogP contribution in [-0.4, -0.2) is 162 Å². The van der Waals surface area contributed by atoms with Crippen molar-refractivity contribution in [3.8, 4) is 12.0 Å². The number of carbonyl (C=O) groups is 2. The molecule has 0 N–H and O–H groups in total. The van der Waals surface area contributed by atoms with Crippen LogP contribution in [0.25, 0.3) is 31.2 Å². The number of benzene rings is 4. The van der Waals surface area contributed by atoms with Gasteiger partial charge in [0.1, 0.15) is 30.9 Å². The van der Waals surface area contributed by atoms with Gasteiger partial charge in [0.15, 0.2) is 0 Å². The van der Waals surface area contributed by atoms with Crippen LogP contribution in [-0.2, 0) is 35.5 Å². The van der Waals surface area contributed by atoms with Crippen LogP contribution in [0.2, 0.25) is 0 Å². The Labute approximate surface area is 506 Å². The third-order valence-electron chi connectivity index (χ3n) is 18.4. The van der Waals surface area contributed by atoms with E-state index in [0.717, 1.165) is 125 Å². The molecule has 0 saturated carbocycles. The van der Waals surface area contributed by atoms with E-state index in [-0.39, 0.29) is 29.6 Å². The first kappa shape index (κ1) is 60.3. The number of allylic oxidation sites excluding steroid dienone is 1. The SMILES string of the molecule is C=CC(=O)Cl.[C-]#[N+]CC1CCCN(c2nc(OC[C@]3(C)CCCN3C)nc3c2CCN(c2cccc4ccccc24)C3)C1.[C-]#[N+]CC1CN(c2nc(OC[C@]3(C)CCCN3C)nc3c2CCN(c2cccc4ccccc24)C3)CCN1C(=O)C=C. The van der Waals surface area contributed by atoms with Gasteiger partial charge in [-0.15, -0.1) is 0 Å². The number of rotatable bonds is 14. The number of amides is 1. The number of anilines is 4. The fourth-order valence-electron chi connectivity index (χ4n) is 13.2. The van der Waals surface area contributed by atoms with Crippen LogP contribution in [0.4, 0.5) is 23.0 Å². The zero-order valence-corrected chi connectivity index (χ0v) is 50.7. The number of ether oxygens (including phenoxy) is 2. The molecule has 4 aromatic carbocycles. The summed E-state index contributed by atoms with van der Waals surface area (Å²) in [6.07, 6.45) is 10.9. The molecule has 0 radical (unpaired) electrons. The Morgan fingerprint density at radius 2 is 1.12 bits per heavy atom. The molecule has 4 saturated heterocycles. The van der Waals surface area contributed by atoms with Crippen molar-refractivity contribution in [2.24, 2.45) is 5.92 Å². The van der Waals surface area contributed by atoms with Gasteiger partial charge < -0.3 is 43.7 Å². The molecule has 6 aliphatic heterocycles. The quantitative estimate of drug-likeness (QED) is 0.0581. The zero-order chi connectivity index (χ0) is 59.7. The number of carbonyl (C=O) groups excluding carboxylic acids is 2. The van der Waals surface area contributed by atoms with E-state index in [9.17, 15) is 9.59 Å². The van der Waals surface area contributed by atoms with Gasteiger partial charge in [-0.25, -0.2) is 13.1 Å². The summed E-state index contributed by atoms with van der Waals surface area (Å²) in [6, 6.07) is 30.8. The zero-order valence-electron chi connectivity index (χ0n) is 49.9. The van der Waals surface area contributed by atoms with Gasteiger partial charge in [-0.05, 0) is 139 Å². The molecule has 17 nitrogen and oxygen atoms in total. The van der Waals surface area contributed by atoms with Gasteiger partial charge in [0.2, 0.25) is 24.2 Å². The van der Waals surface area contributed by atoms with Crippen LogP contribution >= 0.6 is 11.6 Å². The van der Waals surface area contributed by atoms with Crippen LogP contribution in [0, 0.1) is 19.1 Å². The lowest BCUT2D eigenvalue weighted by molar-refractivity contribution is -0.128. The molecule has 2 unspecified atom stereocenters. The van der Waals surface area contributed by atoms with E-state index < -0.39 is 5.24 Å². The lowest BCUT2D eigenvalue weighted by Crippen LogP contribution is -2.56. The summed E-state index contributed by atoms with van der Waals surface area (Å²) in [5, 5.41) is 4.48. The van der Waals surface area contributed by atoms with E-state index in [2.05, 4.69) is 165 Å². The predicted molar refractivity (Wildman–Crippen MR) is 340 cm³/mol. The Bertz CT molecular complexity index is 3480. The molecule has 4 fully saturated rings. The number of likely N-dealkylation sites (tertiary alicyclic amines) is 2. The summed E-state index contributed by atoms with van der Waals surface area (Å²) >= 11 is 4.71. The van der Waals surface area contributed by atoms with Gasteiger partial charge in [-0.1, -0.05) is 86.0 Å². The smallest absolute Gasteiger partial charge is 0.318 e. The standard InChI is InChI=1S/C33H39N7O2.C31H38N6O.C3H3ClO/c1-5-30(41)40-19-18-39(21-25(40)20-34-3)31-27-14-17-38(29-13-8-11-24-10-6-7-12-26(24)29)22-28(27)35-32(36-31)42-23-33(2)15-9-16-37(33)4;1-31(15-8-16-35(31)3)22-38-30-33-27-21-36(28-13-6-11-24-10-4-5-12-25(24)28)18-14-26(27)29(34-30)37-17-7-9-23(20-37)19-32-2;1-2-3(4)5/h5-8,10-13,25H,1,9,14-23H2,2,4H3;4-6,10-13,23H,7-9,14-22H2,1,3H3;2H,1H2/t25?,33-;23?,31-;/m00./s1. The molecular formula is C67H80ClN13O4. The molecule has 8 heterocycles. The first-order valence-corrected chi connectivity index (χ1v) is 30.4. The molecule has 444 valence electrons. The first-order valence-electron chi connectivity index (χ1n) is 30.1. The Kier molecular flexibility index (Phi) is 19.2. The molecule has 4 atom stereocenters. The number of piperidine rings is 1. The third-order valence-corrected chi connectivity index (χ3v) is 18.6. The Morgan fingerprint density at radius 3 is 1.59 bits per heavy atom. The average Bonchev–Trinajstić information content (AvgIpc) is 3.20. The maximum atomic E-state index is 12.5. The highest BCUT2D eigenvalue weighted by molar-refractivity contribution is 6.66. The van der Waals surface area contributed by atoms with Gasteiger partial charge in [0, 0.05) is 85.0 Å². The Hall–Kier alpha value is -7.83. The summed E-state index contributed by atoms with van der Waals surface area (Å²) in [5.74, 6) is 2.18. The number of likely N-dealkylation sites (N-methyl/N-ethyl adjacent to an activating group) is 2. The van der Waals surface area contributed by atoms with Gasteiger partial charge in [-0.2, -0.15) is 19.9 Å². The molecular weight excluding hydrogens is 1090 g/mol. The summed E-state index contributed by atoms with van der Waals surface area (Å²) in [6.45, 7) is 37.0. The monoisotopic (exact) mass is 1170 g/mol. The third kappa shape index (κ3) is 13.7. The molecule has 18 heteroatoms. The van der Waals surface area contributed by atoms with Crippen molar-refractivity contribution >= 4 is 67.3 Å². The molecule has 1 amide bonds. The normalized spacial score (nSPS) is 22.2. The van der Waals surface area contributed by atoms with Gasteiger partial charge >= 0.3 is 12.0 Å². The highest BCUT2D eigenvalue weighted by Gasteiger charge is 2.39. The first-order chi connectivity index (χ1) is 41.2. The maximum absolute atomic E-state index is 12.5. The number of piperazine rings is 1. The summed E-state index contributed by atoms with van der Waals surface area (Å²) in [5.41, 5.74) is 6.86. The predicted octanol–water partition coefficient (Wildman–Crippen LogP) is 10.3. The maximum Gasteiger partial charge on any atom is 0.318 e. The number of aromatic nitrogens is 4. The molecule has 12 rings (SSSR count). The second-order valence-corrected chi connectivity index (χ2v) is 24.3. The molecule has 0 aliphatic carbocycles. The van der Waals surface area contributed by atoms with Crippen molar-refractivity contribution in [3.63, 3.8) is 0 Å². The van der Waals surface area contributed by atoms with E-state index in [1.165, 1.54) is 51.0 Å². The Balaban J connectivity index is 0.000000176. The van der Waals surface area contributed by atoms with Gasteiger partial charge in [-0.3, -0.25) is 19.4 Å². The van der Waals surface area contributed by atoms with Crippen molar-refractivity contribution in [1.82, 2.24) is 34.6 Å². The minimum atomic E-state index is -0.509. The minimum Gasteiger partial charge on any atom is -0.461 e. The molecule has 0 spiro atoms. The van der Waals surface area contributed by atoms with Crippen molar-refractivity contribution in [3.05, 3.63) is 156 Å². The van der Waals surface area contributed by atoms with Crippen molar-refractivity contribution in [2.45, 2.75) is 95.4 Å². The van der Waals surface area contributed by atoms with Crippen LogP contribution in [0.3, 0.4) is 0 Å². The lowest BCUT2D eigenvalue weighted by atomic mass is 9.96. The highest BCUT2D eigenvalue weighted by Crippen LogP contribution is 2.39. The minimum absolute atomic E-state index is 0.0142. The van der Waals surface area contributed by atoms with Crippen LogP contribution < -0.4 is 29.1 Å². The second kappa shape index (κ2) is 27.0. The molecule has 85 heavy (non-hydrogen) atoms. The fourth-order valence-corrected chi connectivity index (χ4v) is 13.2. The topological polar surface area (TPSA) is 136 Å². The second-order valence-electron chi connectivity index (χ2n) is 24.0. The van der Waals surface area contributed by atoms with Crippen molar-refractivity contribution in [2.75, 3.05) is 119 Å². The van der Waals surface area contributed by atoms with E-state index in [4.69, 9.17) is 54.2 Å². The van der Waals surface area contributed by atoms with E-state index in [1.807, 2.05) is 0 Å². The number of fused-ring (bicyclic) bond motifs is 4. The largest absolute Gasteiger partial charge is 0.461 e. The summed E-state index contributed by atoms with van der Waals surface area (Å²) < 4.78 is 12.8. The summed E-state index contributed by atoms with van der Waals surface area (Å²) in [4.78, 5) is 65.5. The number of halogens is 1. The van der Waals surface area contributed by atoms with Gasteiger partial charge in [0.25, 0.3) is 0 Å². The van der Waals surface area contributed by atoms with E-state index >= 15 is 0 Å². The van der Waals surface area contributed by atoms with E-state index in [1.54, 1.807) is 4.90 Å². The number of hydrogen-bond acceptors (Lipinski definition) is 14. The molecule has 6 aromatic rings. The van der Waals surface area contributed by atoms with Crippen LogP contribution in [0.15, 0.2) is 110 Å². The van der Waals surface area contributed by atoms with Crippen molar-refractivity contribution < 1.29 is 19.1 Å². The van der Waals surface area contributed by atoms with Crippen LogP contribution in [0.5, 0.6) is 12.0 Å². The van der Waals surface area contributed by atoms with Crippen molar-refractivity contribution in [1.29, 1.82) is 0 Å².